The number of hydrogen-bond acceptors (Lipinski definition) is 3. The maximum atomic E-state index is 13.7. The van der Waals surface area contributed by atoms with Crippen molar-refractivity contribution in [2.24, 2.45) is 0 Å². The molecular weight excluding hydrogens is 237 g/mol. The van der Waals surface area contributed by atoms with Gasteiger partial charge < -0.3 is 10.2 Å². The van der Waals surface area contributed by atoms with Gasteiger partial charge in [-0.25, -0.2) is 8.78 Å². The summed E-state index contributed by atoms with van der Waals surface area (Å²) in [5.41, 5.74) is -1.48. The first-order valence-electron chi connectivity index (χ1n) is 4.96. The summed E-state index contributed by atoms with van der Waals surface area (Å²) in [6, 6.07) is 0. The third-order valence-corrected chi connectivity index (χ3v) is 2.32. The number of alkyl halides is 1. The number of Topliss-reactive ketones (excluding diaryl/α,β-unsaturated/α-hetero) is 1. The van der Waals surface area contributed by atoms with E-state index in [4.69, 9.17) is 0 Å². The Morgan fingerprint density at radius 2 is 1.76 bits per heavy atom. The van der Waals surface area contributed by atoms with Crippen molar-refractivity contribution in [3.8, 4) is 11.5 Å². The largest absolute Gasteiger partial charge is 0.504 e. The van der Waals surface area contributed by atoms with Crippen LogP contribution in [0.4, 0.5) is 13.2 Å². The Morgan fingerprint density at radius 1 is 1.18 bits per heavy atom. The van der Waals surface area contributed by atoms with Crippen LogP contribution in [0.25, 0.3) is 0 Å². The maximum Gasteiger partial charge on any atom is 0.207 e. The Kier molecular flexibility index (Phi) is 3.98. The van der Waals surface area contributed by atoms with Crippen molar-refractivity contribution < 1.29 is 28.2 Å². The molecule has 0 unspecified atom stereocenters. The highest BCUT2D eigenvalue weighted by molar-refractivity contribution is 6.00. The van der Waals surface area contributed by atoms with E-state index in [1.54, 1.807) is 6.92 Å². The van der Waals surface area contributed by atoms with Crippen molar-refractivity contribution in [1.82, 2.24) is 0 Å². The molecule has 0 radical (unpaired) electrons. The number of carbonyl (C=O) groups is 1. The van der Waals surface area contributed by atoms with Gasteiger partial charge in [-0.15, -0.1) is 0 Å². The lowest BCUT2D eigenvalue weighted by atomic mass is 10.0. The number of ketones is 1. The summed E-state index contributed by atoms with van der Waals surface area (Å²) in [5.74, 6) is -6.55. The highest BCUT2D eigenvalue weighted by Crippen LogP contribution is 2.36. The molecule has 3 nitrogen and oxygen atoms in total. The van der Waals surface area contributed by atoms with E-state index in [1.165, 1.54) is 0 Å². The molecule has 0 amide bonds. The van der Waals surface area contributed by atoms with Crippen LogP contribution in [0.15, 0.2) is 0 Å². The fourth-order valence-electron chi connectivity index (χ4n) is 1.51. The van der Waals surface area contributed by atoms with E-state index in [0.717, 1.165) is 0 Å². The molecular formula is C11H11F3O3. The maximum absolute atomic E-state index is 13.7. The first-order chi connectivity index (χ1) is 7.95. The molecule has 0 saturated heterocycles. The van der Waals surface area contributed by atoms with Gasteiger partial charge >= 0.3 is 0 Å². The predicted molar refractivity (Wildman–Crippen MR) is 54.0 cm³/mol. The topological polar surface area (TPSA) is 57.5 Å². The summed E-state index contributed by atoms with van der Waals surface area (Å²) in [6.07, 6.45) is 0.360. The molecule has 1 rings (SSSR count). The molecule has 0 spiro atoms. The quantitative estimate of drug-likeness (QED) is 0.805. The molecule has 0 aliphatic heterocycles. The molecule has 1 aromatic rings. The summed E-state index contributed by atoms with van der Waals surface area (Å²) in [6.45, 7) is 0.0978. The molecule has 94 valence electrons. The van der Waals surface area contributed by atoms with Crippen LogP contribution in [0.5, 0.6) is 11.5 Å². The summed E-state index contributed by atoms with van der Waals surface area (Å²) < 4.78 is 39.2. The second-order valence-electron chi connectivity index (χ2n) is 3.49. The third kappa shape index (κ3) is 2.20. The van der Waals surface area contributed by atoms with Gasteiger partial charge in [0.25, 0.3) is 0 Å². The van der Waals surface area contributed by atoms with Crippen LogP contribution < -0.4 is 0 Å². The second kappa shape index (κ2) is 5.07. The Morgan fingerprint density at radius 3 is 2.24 bits per heavy atom. The summed E-state index contributed by atoms with van der Waals surface area (Å²) >= 11 is 0. The highest BCUT2D eigenvalue weighted by Gasteiger charge is 2.27. The molecule has 0 fully saturated rings. The van der Waals surface area contributed by atoms with E-state index in [2.05, 4.69) is 0 Å². The number of aromatic hydroxyl groups is 2. The van der Waals surface area contributed by atoms with Crippen LogP contribution >= 0.6 is 0 Å². The van der Waals surface area contributed by atoms with Gasteiger partial charge in [-0.1, -0.05) is 13.3 Å². The lowest BCUT2D eigenvalue weighted by Crippen LogP contribution is -2.09. The zero-order chi connectivity index (χ0) is 13.2. The first kappa shape index (κ1) is 13.3. The first-order valence-corrected chi connectivity index (χ1v) is 4.96. The van der Waals surface area contributed by atoms with Gasteiger partial charge in [0.1, 0.15) is 11.4 Å². The van der Waals surface area contributed by atoms with Crippen molar-refractivity contribution in [2.45, 2.75) is 19.8 Å². The van der Waals surface area contributed by atoms with Gasteiger partial charge in [-0.05, 0) is 6.42 Å². The predicted octanol–water partition coefficient (Wildman–Crippen LogP) is 2.48. The van der Waals surface area contributed by atoms with Crippen molar-refractivity contribution in [3.05, 3.63) is 22.8 Å². The Balaban J connectivity index is 3.55. The smallest absolute Gasteiger partial charge is 0.207 e. The van der Waals surface area contributed by atoms with Gasteiger partial charge in [-0.2, -0.15) is 4.39 Å². The zero-order valence-electron chi connectivity index (χ0n) is 9.06. The lowest BCUT2D eigenvalue weighted by Gasteiger charge is -2.11. The standard InChI is InChI=1S/C11H11F3O3/c1-2-3-5-8(13)7(6(15)4-12)11(17)9(14)10(5)16/h16-17H,2-4H2,1H3. The summed E-state index contributed by atoms with van der Waals surface area (Å²) in [5, 5.41) is 18.5. The van der Waals surface area contributed by atoms with Crippen LogP contribution in [0, 0.1) is 11.6 Å². The SMILES string of the molecule is CCCc1c(O)c(F)c(O)c(C(=O)CF)c1F. The molecule has 2 N–H and O–H groups in total. The van der Waals surface area contributed by atoms with E-state index in [9.17, 15) is 28.2 Å². The number of benzene rings is 1. The summed E-state index contributed by atoms with van der Waals surface area (Å²) in [7, 11) is 0. The number of phenols is 2. The van der Waals surface area contributed by atoms with E-state index < -0.39 is 46.7 Å². The Bertz CT molecular complexity index is 458. The molecule has 0 atom stereocenters. The molecule has 0 aliphatic carbocycles. The lowest BCUT2D eigenvalue weighted by molar-refractivity contribution is 0.0950. The number of carbonyl (C=O) groups excluding carboxylic acids is 1. The van der Waals surface area contributed by atoms with Gasteiger partial charge in [0.15, 0.2) is 18.2 Å². The van der Waals surface area contributed by atoms with Gasteiger partial charge in [0.05, 0.1) is 0 Å². The zero-order valence-corrected chi connectivity index (χ0v) is 9.06. The minimum absolute atomic E-state index is 0.0264. The molecule has 0 aromatic heterocycles. The fraction of sp³-hybridized carbons (Fsp3) is 0.364. The second-order valence-corrected chi connectivity index (χ2v) is 3.49. The average molecular weight is 248 g/mol. The van der Waals surface area contributed by atoms with Crippen molar-refractivity contribution in [1.29, 1.82) is 0 Å². The number of rotatable bonds is 4. The van der Waals surface area contributed by atoms with E-state index >= 15 is 0 Å². The molecule has 0 aliphatic rings. The van der Waals surface area contributed by atoms with E-state index in [0.29, 0.717) is 6.42 Å². The van der Waals surface area contributed by atoms with E-state index in [1.807, 2.05) is 0 Å². The van der Waals surface area contributed by atoms with Crippen LogP contribution in [0.2, 0.25) is 0 Å². The Hall–Kier alpha value is -1.72. The highest BCUT2D eigenvalue weighted by atomic mass is 19.1. The van der Waals surface area contributed by atoms with Gasteiger partial charge in [0, 0.05) is 5.56 Å². The molecule has 0 heterocycles. The fourth-order valence-corrected chi connectivity index (χ4v) is 1.51. The van der Waals surface area contributed by atoms with Crippen molar-refractivity contribution in [3.63, 3.8) is 0 Å². The normalized spacial score (nSPS) is 10.6. The Labute approximate surface area is 95.5 Å². The summed E-state index contributed by atoms with van der Waals surface area (Å²) in [4.78, 5) is 11.1. The van der Waals surface area contributed by atoms with Crippen molar-refractivity contribution >= 4 is 5.78 Å². The molecule has 17 heavy (non-hydrogen) atoms. The number of phenolic OH excluding ortho intramolecular Hbond substituents is 2. The van der Waals surface area contributed by atoms with Gasteiger partial charge in [-0.3, -0.25) is 4.79 Å². The minimum atomic E-state index is -1.56. The monoisotopic (exact) mass is 248 g/mol. The van der Waals surface area contributed by atoms with Crippen LogP contribution in [0.1, 0.15) is 29.3 Å². The molecule has 1 aromatic carbocycles. The van der Waals surface area contributed by atoms with E-state index in [-0.39, 0.29) is 6.42 Å². The molecule has 6 heteroatoms. The molecule has 0 bridgehead atoms. The van der Waals surface area contributed by atoms with Crippen LogP contribution in [-0.2, 0) is 6.42 Å². The average Bonchev–Trinajstić information content (AvgIpc) is 2.32. The number of hydrogen-bond donors (Lipinski definition) is 2. The minimum Gasteiger partial charge on any atom is -0.504 e. The van der Waals surface area contributed by atoms with Crippen LogP contribution in [0.3, 0.4) is 0 Å². The van der Waals surface area contributed by atoms with Gasteiger partial charge in [0.2, 0.25) is 11.6 Å². The van der Waals surface area contributed by atoms with Crippen LogP contribution in [-0.4, -0.2) is 22.7 Å². The van der Waals surface area contributed by atoms with Crippen molar-refractivity contribution in [2.75, 3.05) is 6.67 Å². The third-order valence-electron chi connectivity index (χ3n) is 2.32. The molecule has 0 saturated carbocycles. The number of halogens is 3.